The van der Waals surface area contributed by atoms with E-state index >= 15 is 0 Å². The molecule has 0 bridgehead atoms. The summed E-state index contributed by atoms with van der Waals surface area (Å²) in [6.45, 7) is 2.47. The fraction of sp³-hybridized carbons (Fsp3) is 0.429. The SMILES string of the molecule is COC1(CC(=O)N[C@@H](C)c2ccc(OCc3cccnc3)cc2)CCC1. The van der Waals surface area contributed by atoms with Gasteiger partial charge in [-0.1, -0.05) is 18.2 Å². The second-order valence-corrected chi connectivity index (χ2v) is 6.93. The Morgan fingerprint density at radius 1 is 1.27 bits per heavy atom. The summed E-state index contributed by atoms with van der Waals surface area (Å²) in [5.74, 6) is 0.833. The summed E-state index contributed by atoms with van der Waals surface area (Å²) in [6, 6.07) is 11.6. The number of benzene rings is 1. The lowest BCUT2D eigenvalue weighted by Gasteiger charge is -2.40. The van der Waals surface area contributed by atoms with Gasteiger partial charge in [0.25, 0.3) is 0 Å². The summed E-state index contributed by atoms with van der Waals surface area (Å²) in [5.41, 5.74) is 1.83. The van der Waals surface area contributed by atoms with Crippen LogP contribution in [0, 0.1) is 0 Å². The Kier molecular flexibility index (Phi) is 5.89. The number of hydrogen-bond acceptors (Lipinski definition) is 4. The number of aromatic nitrogens is 1. The smallest absolute Gasteiger partial charge is 0.223 e. The maximum atomic E-state index is 12.3. The van der Waals surface area contributed by atoms with Crippen LogP contribution in [0.25, 0.3) is 0 Å². The molecule has 1 N–H and O–H groups in total. The van der Waals surface area contributed by atoms with Gasteiger partial charge >= 0.3 is 0 Å². The molecular formula is C21H26N2O3. The van der Waals surface area contributed by atoms with E-state index in [1.54, 1.807) is 19.5 Å². The van der Waals surface area contributed by atoms with Crippen LogP contribution in [-0.2, 0) is 16.1 Å². The Morgan fingerprint density at radius 2 is 2.04 bits per heavy atom. The molecule has 0 radical (unpaired) electrons. The zero-order valence-corrected chi connectivity index (χ0v) is 15.4. The summed E-state index contributed by atoms with van der Waals surface area (Å²) in [6.07, 6.45) is 7.04. The van der Waals surface area contributed by atoms with Crippen LogP contribution in [-0.4, -0.2) is 23.6 Å². The lowest BCUT2D eigenvalue weighted by atomic mass is 9.77. The number of nitrogens with zero attached hydrogens (tertiary/aromatic N) is 1. The van der Waals surface area contributed by atoms with E-state index in [1.807, 2.05) is 43.3 Å². The van der Waals surface area contributed by atoms with Crippen molar-refractivity contribution in [2.45, 2.75) is 50.9 Å². The topological polar surface area (TPSA) is 60.5 Å². The van der Waals surface area contributed by atoms with Gasteiger partial charge in [0, 0.05) is 25.1 Å². The first kappa shape index (κ1) is 18.4. The molecule has 0 aliphatic heterocycles. The first-order chi connectivity index (χ1) is 12.6. The van der Waals surface area contributed by atoms with Crippen LogP contribution in [0.3, 0.4) is 0 Å². The number of methoxy groups -OCH3 is 1. The molecule has 1 aromatic carbocycles. The minimum atomic E-state index is -0.242. The lowest BCUT2D eigenvalue weighted by Crippen LogP contribution is -2.44. The fourth-order valence-electron chi connectivity index (χ4n) is 3.20. The van der Waals surface area contributed by atoms with Crippen LogP contribution in [0.15, 0.2) is 48.8 Å². The summed E-state index contributed by atoms with van der Waals surface area (Å²) in [7, 11) is 1.69. The van der Waals surface area contributed by atoms with Gasteiger partial charge < -0.3 is 14.8 Å². The van der Waals surface area contributed by atoms with Crippen LogP contribution in [0.1, 0.15) is 49.8 Å². The average molecular weight is 354 g/mol. The predicted octanol–water partition coefficient (Wildman–Crippen LogP) is 3.80. The van der Waals surface area contributed by atoms with Gasteiger partial charge in [-0.3, -0.25) is 9.78 Å². The maximum Gasteiger partial charge on any atom is 0.223 e. The second kappa shape index (κ2) is 8.32. The Balaban J connectivity index is 1.50. The molecule has 5 heteroatoms. The van der Waals surface area contributed by atoms with Crippen LogP contribution in [0.2, 0.25) is 0 Å². The Bertz CT molecular complexity index is 706. The van der Waals surface area contributed by atoms with E-state index in [9.17, 15) is 4.79 Å². The Labute approximate surface area is 154 Å². The summed E-state index contributed by atoms with van der Waals surface area (Å²) < 4.78 is 11.3. The van der Waals surface area contributed by atoms with Crippen molar-refractivity contribution in [1.29, 1.82) is 0 Å². The molecule has 0 unspecified atom stereocenters. The minimum absolute atomic E-state index is 0.0379. The zero-order valence-electron chi connectivity index (χ0n) is 15.4. The van der Waals surface area contributed by atoms with E-state index in [4.69, 9.17) is 9.47 Å². The average Bonchev–Trinajstić information content (AvgIpc) is 2.64. The largest absolute Gasteiger partial charge is 0.489 e. The van der Waals surface area contributed by atoms with Crippen molar-refractivity contribution in [1.82, 2.24) is 10.3 Å². The van der Waals surface area contributed by atoms with Gasteiger partial charge in [-0.2, -0.15) is 0 Å². The monoisotopic (exact) mass is 354 g/mol. The van der Waals surface area contributed by atoms with Gasteiger partial charge in [0.15, 0.2) is 0 Å². The third kappa shape index (κ3) is 4.61. The summed E-state index contributed by atoms with van der Waals surface area (Å²) in [4.78, 5) is 16.4. The Morgan fingerprint density at radius 3 is 2.62 bits per heavy atom. The molecule has 3 rings (SSSR count). The van der Waals surface area contributed by atoms with Crippen LogP contribution in [0.5, 0.6) is 5.75 Å². The molecule has 5 nitrogen and oxygen atoms in total. The van der Waals surface area contributed by atoms with Crippen LogP contribution >= 0.6 is 0 Å². The van der Waals surface area contributed by atoms with E-state index in [-0.39, 0.29) is 17.6 Å². The van der Waals surface area contributed by atoms with Crippen molar-refractivity contribution in [3.63, 3.8) is 0 Å². The molecule has 0 spiro atoms. The third-order valence-corrected chi connectivity index (χ3v) is 5.07. The molecule has 1 fully saturated rings. The quantitative estimate of drug-likeness (QED) is 0.783. The molecule has 1 amide bonds. The number of carbonyl (C=O) groups excluding carboxylic acids is 1. The van der Waals surface area contributed by atoms with Gasteiger partial charge in [0.2, 0.25) is 5.91 Å². The van der Waals surface area contributed by atoms with Crippen molar-refractivity contribution >= 4 is 5.91 Å². The molecule has 1 saturated carbocycles. The first-order valence-electron chi connectivity index (χ1n) is 9.06. The van der Waals surface area contributed by atoms with Crippen molar-refractivity contribution in [2.75, 3.05) is 7.11 Å². The normalized spacial score (nSPS) is 16.4. The molecular weight excluding hydrogens is 328 g/mol. The molecule has 1 aliphatic carbocycles. The van der Waals surface area contributed by atoms with E-state index in [1.165, 1.54) is 0 Å². The predicted molar refractivity (Wildman–Crippen MR) is 99.8 cm³/mol. The highest BCUT2D eigenvalue weighted by Crippen LogP contribution is 2.38. The number of ether oxygens (including phenoxy) is 2. The number of pyridine rings is 1. The highest BCUT2D eigenvalue weighted by molar-refractivity contribution is 5.77. The molecule has 1 aliphatic rings. The number of rotatable bonds is 8. The Hall–Kier alpha value is -2.40. The van der Waals surface area contributed by atoms with Crippen molar-refractivity contribution < 1.29 is 14.3 Å². The summed E-state index contributed by atoms with van der Waals surface area (Å²) >= 11 is 0. The van der Waals surface area contributed by atoms with E-state index in [0.29, 0.717) is 13.0 Å². The maximum absolute atomic E-state index is 12.3. The number of nitrogens with one attached hydrogen (secondary N) is 1. The molecule has 2 aromatic rings. The van der Waals surface area contributed by atoms with Gasteiger partial charge in [-0.15, -0.1) is 0 Å². The zero-order chi connectivity index (χ0) is 18.4. The van der Waals surface area contributed by atoms with Gasteiger partial charge in [-0.05, 0) is 49.9 Å². The lowest BCUT2D eigenvalue weighted by molar-refractivity contribution is -0.134. The van der Waals surface area contributed by atoms with Crippen molar-refractivity contribution in [3.05, 3.63) is 59.9 Å². The van der Waals surface area contributed by atoms with E-state index in [2.05, 4.69) is 10.3 Å². The third-order valence-electron chi connectivity index (χ3n) is 5.07. The summed E-state index contributed by atoms with van der Waals surface area (Å²) in [5, 5.41) is 3.06. The van der Waals surface area contributed by atoms with E-state index in [0.717, 1.165) is 36.1 Å². The standard InChI is InChI=1S/C21H26N2O3/c1-16(23-20(24)13-21(25-2)10-4-11-21)18-6-8-19(9-7-18)26-15-17-5-3-12-22-14-17/h3,5-9,12,14,16H,4,10-11,13,15H2,1-2H3,(H,23,24)/t16-/m0/s1. The van der Waals surface area contributed by atoms with Crippen molar-refractivity contribution in [2.24, 2.45) is 0 Å². The number of hydrogen-bond donors (Lipinski definition) is 1. The highest BCUT2D eigenvalue weighted by Gasteiger charge is 2.39. The molecule has 1 aromatic heterocycles. The number of carbonyl (C=O) groups is 1. The fourth-order valence-corrected chi connectivity index (χ4v) is 3.20. The van der Waals surface area contributed by atoms with E-state index < -0.39 is 0 Å². The van der Waals surface area contributed by atoms with Gasteiger partial charge in [0.05, 0.1) is 18.1 Å². The van der Waals surface area contributed by atoms with Crippen molar-refractivity contribution in [3.8, 4) is 5.75 Å². The molecule has 1 atom stereocenters. The van der Waals surface area contributed by atoms with Crippen LogP contribution in [0.4, 0.5) is 0 Å². The molecule has 1 heterocycles. The van der Waals surface area contributed by atoms with Crippen LogP contribution < -0.4 is 10.1 Å². The molecule has 0 saturated heterocycles. The van der Waals surface area contributed by atoms with Gasteiger partial charge in [-0.25, -0.2) is 0 Å². The number of amides is 1. The second-order valence-electron chi connectivity index (χ2n) is 6.93. The minimum Gasteiger partial charge on any atom is -0.489 e. The molecule has 138 valence electrons. The first-order valence-corrected chi connectivity index (χ1v) is 9.06. The highest BCUT2D eigenvalue weighted by atomic mass is 16.5. The van der Waals surface area contributed by atoms with Gasteiger partial charge in [0.1, 0.15) is 12.4 Å². The molecule has 26 heavy (non-hydrogen) atoms.